The van der Waals surface area contributed by atoms with Gasteiger partial charge in [-0.05, 0) is 38.0 Å². The van der Waals surface area contributed by atoms with Crippen molar-refractivity contribution in [2.75, 3.05) is 0 Å². The fraction of sp³-hybridized carbons (Fsp3) is 0.750. The maximum absolute atomic E-state index is 4.15. The summed E-state index contributed by atoms with van der Waals surface area (Å²) >= 11 is 0. The van der Waals surface area contributed by atoms with Crippen molar-refractivity contribution in [3.8, 4) is 0 Å². The van der Waals surface area contributed by atoms with Crippen LogP contribution in [0.25, 0.3) is 0 Å². The van der Waals surface area contributed by atoms with Crippen LogP contribution in [-0.4, -0.2) is 0 Å². The van der Waals surface area contributed by atoms with Gasteiger partial charge in [0.15, 0.2) is 0 Å². The molecule has 0 aromatic carbocycles. The van der Waals surface area contributed by atoms with E-state index in [1.54, 1.807) is 0 Å². The lowest BCUT2D eigenvalue weighted by molar-refractivity contribution is 0.245. The minimum Gasteiger partial charge on any atom is -0.102 e. The molecular formula is C16H26. The molecule has 16 heavy (non-hydrogen) atoms. The fourth-order valence-electron chi connectivity index (χ4n) is 3.57. The highest BCUT2D eigenvalue weighted by molar-refractivity contribution is 5.13. The summed E-state index contributed by atoms with van der Waals surface area (Å²) in [5.41, 5.74) is 0.348. The van der Waals surface area contributed by atoms with Gasteiger partial charge in [0.1, 0.15) is 0 Å². The normalized spacial score (nSPS) is 33.0. The summed E-state index contributed by atoms with van der Waals surface area (Å²) in [6.45, 7) is 4.15. The molecule has 0 heteroatoms. The van der Waals surface area contributed by atoms with Crippen molar-refractivity contribution in [3.05, 3.63) is 24.8 Å². The van der Waals surface area contributed by atoms with E-state index in [0.717, 1.165) is 5.92 Å². The van der Waals surface area contributed by atoms with E-state index in [1.807, 2.05) is 0 Å². The number of hydrogen-bond acceptors (Lipinski definition) is 0. The molecule has 2 aliphatic carbocycles. The molecule has 2 rings (SSSR count). The molecule has 0 N–H and O–H groups in total. The van der Waals surface area contributed by atoms with E-state index < -0.39 is 0 Å². The third kappa shape index (κ3) is 2.59. The molecule has 0 heterocycles. The summed E-state index contributed by atoms with van der Waals surface area (Å²) in [5.74, 6) is 0.877. The molecule has 0 bridgehead atoms. The SMILES string of the molecule is C=CC1(C2CCCCCC2)C=CCCCC1. The van der Waals surface area contributed by atoms with Gasteiger partial charge >= 0.3 is 0 Å². The van der Waals surface area contributed by atoms with Gasteiger partial charge in [-0.25, -0.2) is 0 Å². The van der Waals surface area contributed by atoms with Gasteiger partial charge in [0.2, 0.25) is 0 Å². The van der Waals surface area contributed by atoms with Crippen LogP contribution in [0.1, 0.15) is 64.2 Å². The zero-order valence-corrected chi connectivity index (χ0v) is 10.6. The lowest BCUT2D eigenvalue weighted by Gasteiger charge is -2.35. The number of hydrogen-bond donors (Lipinski definition) is 0. The molecule has 90 valence electrons. The maximum atomic E-state index is 4.15. The highest BCUT2D eigenvalue weighted by atomic mass is 14.4. The third-order valence-corrected chi connectivity index (χ3v) is 4.65. The van der Waals surface area contributed by atoms with Crippen LogP contribution in [0.2, 0.25) is 0 Å². The van der Waals surface area contributed by atoms with Crippen LogP contribution < -0.4 is 0 Å². The summed E-state index contributed by atoms with van der Waals surface area (Å²) in [5, 5.41) is 0. The highest BCUT2D eigenvalue weighted by Gasteiger charge is 2.33. The molecular weight excluding hydrogens is 192 g/mol. The minimum absolute atomic E-state index is 0.348. The lowest BCUT2D eigenvalue weighted by atomic mass is 9.69. The zero-order chi connectivity index (χ0) is 11.3. The summed E-state index contributed by atoms with van der Waals surface area (Å²) in [4.78, 5) is 0. The summed E-state index contributed by atoms with van der Waals surface area (Å²) < 4.78 is 0. The number of rotatable bonds is 2. The average molecular weight is 218 g/mol. The second-order valence-corrected chi connectivity index (χ2v) is 5.65. The van der Waals surface area contributed by atoms with Crippen molar-refractivity contribution in [1.29, 1.82) is 0 Å². The molecule has 1 saturated carbocycles. The van der Waals surface area contributed by atoms with E-state index in [0.29, 0.717) is 5.41 Å². The van der Waals surface area contributed by atoms with Crippen molar-refractivity contribution >= 4 is 0 Å². The summed E-state index contributed by atoms with van der Waals surface area (Å²) in [6, 6.07) is 0. The standard InChI is InChI=1S/C16H26/c1-2-16(13-9-5-6-10-14-16)15-11-7-3-4-8-12-15/h2,9,13,15H,1,3-8,10-12,14H2. The van der Waals surface area contributed by atoms with Crippen molar-refractivity contribution in [1.82, 2.24) is 0 Å². The summed E-state index contributed by atoms with van der Waals surface area (Å²) in [6.07, 6.45) is 21.2. The Morgan fingerprint density at radius 2 is 1.75 bits per heavy atom. The van der Waals surface area contributed by atoms with E-state index >= 15 is 0 Å². The minimum atomic E-state index is 0.348. The predicted molar refractivity (Wildman–Crippen MR) is 71.4 cm³/mol. The molecule has 1 atom stereocenters. The smallest absolute Gasteiger partial charge is 0.00865 e. The van der Waals surface area contributed by atoms with E-state index in [1.165, 1.54) is 64.2 Å². The third-order valence-electron chi connectivity index (χ3n) is 4.65. The predicted octanol–water partition coefficient (Wildman–Crippen LogP) is 5.26. The molecule has 0 aromatic heterocycles. The first-order valence-corrected chi connectivity index (χ1v) is 7.19. The van der Waals surface area contributed by atoms with Gasteiger partial charge in [-0.15, -0.1) is 6.58 Å². The highest BCUT2D eigenvalue weighted by Crippen LogP contribution is 2.44. The molecule has 0 nitrogen and oxygen atoms in total. The first-order chi connectivity index (χ1) is 7.87. The average Bonchev–Trinajstić information content (AvgIpc) is 2.72. The second kappa shape index (κ2) is 5.70. The summed E-state index contributed by atoms with van der Waals surface area (Å²) in [7, 11) is 0. The first kappa shape index (κ1) is 12.0. The first-order valence-electron chi connectivity index (χ1n) is 7.19. The van der Waals surface area contributed by atoms with E-state index in [-0.39, 0.29) is 0 Å². The Morgan fingerprint density at radius 3 is 2.44 bits per heavy atom. The number of allylic oxidation sites excluding steroid dienone is 3. The molecule has 0 radical (unpaired) electrons. The van der Waals surface area contributed by atoms with Crippen molar-refractivity contribution in [3.63, 3.8) is 0 Å². The van der Waals surface area contributed by atoms with Gasteiger partial charge in [-0.2, -0.15) is 0 Å². The Labute approximate surface area is 101 Å². The van der Waals surface area contributed by atoms with Gasteiger partial charge in [-0.1, -0.05) is 50.3 Å². The molecule has 1 fully saturated rings. The van der Waals surface area contributed by atoms with Crippen LogP contribution in [0, 0.1) is 11.3 Å². The monoisotopic (exact) mass is 218 g/mol. The van der Waals surface area contributed by atoms with Crippen molar-refractivity contribution < 1.29 is 0 Å². The van der Waals surface area contributed by atoms with Gasteiger partial charge < -0.3 is 0 Å². The van der Waals surface area contributed by atoms with Crippen LogP contribution in [0.4, 0.5) is 0 Å². The molecule has 0 aliphatic heterocycles. The Hall–Kier alpha value is -0.520. The quantitative estimate of drug-likeness (QED) is 0.438. The Morgan fingerprint density at radius 1 is 1.00 bits per heavy atom. The van der Waals surface area contributed by atoms with E-state index in [9.17, 15) is 0 Å². The maximum Gasteiger partial charge on any atom is 0.00865 e. The van der Waals surface area contributed by atoms with Crippen LogP contribution in [-0.2, 0) is 0 Å². The molecule has 1 unspecified atom stereocenters. The van der Waals surface area contributed by atoms with Crippen molar-refractivity contribution in [2.45, 2.75) is 64.2 Å². The Bertz CT molecular complexity index is 243. The van der Waals surface area contributed by atoms with E-state index in [4.69, 9.17) is 0 Å². The Kier molecular flexibility index (Phi) is 4.26. The second-order valence-electron chi connectivity index (χ2n) is 5.65. The topological polar surface area (TPSA) is 0 Å². The molecule has 0 amide bonds. The van der Waals surface area contributed by atoms with Gasteiger partial charge in [-0.3, -0.25) is 0 Å². The largest absolute Gasteiger partial charge is 0.102 e. The van der Waals surface area contributed by atoms with Gasteiger partial charge in [0.25, 0.3) is 0 Å². The molecule has 0 spiro atoms. The van der Waals surface area contributed by atoms with Crippen LogP contribution in [0.15, 0.2) is 24.8 Å². The molecule has 0 saturated heterocycles. The van der Waals surface area contributed by atoms with E-state index in [2.05, 4.69) is 24.8 Å². The van der Waals surface area contributed by atoms with Crippen molar-refractivity contribution in [2.24, 2.45) is 11.3 Å². The van der Waals surface area contributed by atoms with Gasteiger partial charge in [0.05, 0.1) is 0 Å². The van der Waals surface area contributed by atoms with Crippen LogP contribution in [0.5, 0.6) is 0 Å². The molecule has 0 aromatic rings. The Balaban J connectivity index is 2.13. The lowest BCUT2D eigenvalue weighted by Crippen LogP contribution is -2.25. The zero-order valence-electron chi connectivity index (χ0n) is 10.6. The van der Waals surface area contributed by atoms with Crippen LogP contribution in [0.3, 0.4) is 0 Å². The molecule has 2 aliphatic rings. The van der Waals surface area contributed by atoms with Gasteiger partial charge in [0, 0.05) is 5.41 Å². The van der Waals surface area contributed by atoms with Crippen LogP contribution >= 0.6 is 0 Å². The fourth-order valence-corrected chi connectivity index (χ4v) is 3.57.